The fraction of sp³-hybridized carbons (Fsp3) is 0.0667. The summed E-state index contributed by atoms with van der Waals surface area (Å²) in [6.45, 7) is 0. The van der Waals surface area contributed by atoms with Gasteiger partial charge in [0.2, 0.25) is 0 Å². The molecule has 3 heterocycles. The van der Waals surface area contributed by atoms with Crippen LogP contribution in [0.2, 0.25) is 0 Å². The van der Waals surface area contributed by atoms with Crippen molar-refractivity contribution in [3.8, 4) is 11.1 Å². The van der Waals surface area contributed by atoms with Gasteiger partial charge >= 0.3 is 0 Å². The van der Waals surface area contributed by atoms with Crippen LogP contribution in [-0.4, -0.2) is 9.38 Å². The molecule has 0 saturated heterocycles. The summed E-state index contributed by atoms with van der Waals surface area (Å²) in [5.74, 6) is 0. The molecule has 0 fully saturated rings. The molecule has 0 radical (unpaired) electrons. The molecule has 3 aromatic heterocycles. The van der Waals surface area contributed by atoms with Crippen molar-refractivity contribution in [1.82, 2.24) is 9.38 Å². The van der Waals surface area contributed by atoms with E-state index in [-0.39, 0.29) is 0 Å². The largest absolute Gasteiger partial charge is 0.355 e. The lowest BCUT2D eigenvalue weighted by Gasteiger charge is -2.09. The van der Waals surface area contributed by atoms with Crippen LogP contribution in [0.1, 0.15) is 17.7 Å². The molecule has 4 aromatic carbocycles. The molecule has 0 amide bonds. The molecule has 0 aliphatic heterocycles. The van der Waals surface area contributed by atoms with Crippen molar-refractivity contribution in [3.63, 3.8) is 0 Å². The number of hydrogen-bond donors (Lipinski definition) is 1. The lowest BCUT2D eigenvalue weighted by atomic mass is 9.95. The second-order valence-corrected chi connectivity index (χ2v) is 9.01. The second-order valence-electron chi connectivity index (χ2n) is 9.01. The molecule has 0 saturated carbocycles. The maximum atomic E-state index is 3.56. The van der Waals surface area contributed by atoms with Gasteiger partial charge in [-0.2, -0.15) is 0 Å². The first-order chi connectivity index (χ1) is 15.9. The van der Waals surface area contributed by atoms with Gasteiger partial charge in [-0.15, -0.1) is 0 Å². The fourth-order valence-corrected chi connectivity index (χ4v) is 5.91. The topological polar surface area (TPSA) is 20.2 Å². The lowest BCUT2D eigenvalue weighted by molar-refractivity contribution is 0.984. The van der Waals surface area contributed by atoms with Gasteiger partial charge in [0.05, 0.1) is 11.0 Å². The molecule has 0 bridgehead atoms. The summed E-state index contributed by atoms with van der Waals surface area (Å²) >= 11 is 0. The maximum Gasteiger partial charge on any atom is 0.0617 e. The zero-order valence-electron chi connectivity index (χ0n) is 17.5. The third kappa shape index (κ3) is 2.00. The van der Waals surface area contributed by atoms with Crippen molar-refractivity contribution in [2.24, 2.45) is 0 Å². The van der Waals surface area contributed by atoms with E-state index >= 15 is 0 Å². The Morgan fingerprint density at radius 3 is 2.41 bits per heavy atom. The van der Waals surface area contributed by atoms with Gasteiger partial charge in [-0.25, -0.2) is 0 Å². The highest BCUT2D eigenvalue weighted by Gasteiger charge is 2.22. The van der Waals surface area contributed by atoms with Gasteiger partial charge in [0.25, 0.3) is 0 Å². The summed E-state index contributed by atoms with van der Waals surface area (Å²) in [7, 11) is 0. The molecule has 2 nitrogen and oxygen atoms in total. The van der Waals surface area contributed by atoms with E-state index in [1.807, 2.05) is 0 Å². The van der Waals surface area contributed by atoms with Crippen LogP contribution >= 0.6 is 0 Å². The molecule has 1 aliphatic rings. The molecule has 150 valence electrons. The second kappa shape index (κ2) is 5.80. The minimum atomic E-state index is 1.11. The van der Waals surface area contributed by atoms with Gasteiger partial charge in [0.1, 0.15) is 0 Å². The molecule has 2 heteroatoms. The minimum absolute atomic E-state index is 1.11. The third-order valence-corrected chi connectivity index (χ3v) is 7.32. The quantitative estimate of drug-likeness (QED) is 0.284. The zero-order chi connectivity index (χ0) is 20.8. The molecule has 0 spiro atoms. The van der Waals surface area contributed by atoms with E-state index in [1.54, 1.807) is 0 Å². The average molecular weight is 409 g/mol. The van der Waals surface area contributed by atoms with Gasteiger partial charge in [0.15, 0.2) is 0 Å². The highest BCUT2D eigenvalue weighted by atomic mass is 14.9. The first-order valence-electron chi connectivity index (χ1n) is 11.4. The van der Waals surface area contributed by atoms with Crippen molar-refractivity contribution in [3.05, 3.63) is 96.2 Å². The van der Waals surface area contributed by atoms with Crippen LogP contribution < -0.4 is 0 Å². The number of aryl methyl sites for hydroxylation is 1. The number of H-pyrrole nitrogens is 1. The molecule has 1 N–H and O–H groups in total. The highest BCUT2D eigenvalue weighted by molar-refractivity contribution is 6.18. The van der Waals surface area contributed by atoms with Crippen molar-refractivity contribution in [2.45, 2.75) is 12.8 Å². The Balaban J connectivity index is 1.50. The molecule has 8 rings (SSSR count). The summed E-state index contributed by atoms with van der Waals surface area (Å²) in [6.07, 6.45) is 6.87. The van der Waals surface area contributed by atoms with Gasteiger partial charge in [-0.1, -0.05) is 48.5 Å². The molecule has 0 unspecified atom stereocenters. The lowest BCUT2D eigenvalue weighted by Crippen LogP contribution is -1.94. The van der Waals surface area contributed by atoms with E-state index in [0.717, 1.165) is 12.8 Å². The summed E-state index contributed by atoms with van der Waals surface area (Å²) in [4.78, 5) is 3.56. The van der Waals surface area contributed by atoms with E-state index < -0.39 is 0 Å². The van der Waals surface area contributed by atoms with Gasteiger partial charge in [-0.3, -0.25) is 0 Å². The Kier molecular flexibility index (Phi) is 3.01. The fourth-order valence-electron chi connectivity index (χ4n) is 5.91. The van der Waals surface area contributed by atoms with E-state index in [2.05, 4.69) is 100 Å². The summed E-state index contributed by atoms with van der Waals surface area (Å²) in [6, 6.07) is 29.1. The molecular weight excluding hydrogens is 388 g/mol. The predicted octanol–water partition coefficient (Wildman–Crippen LogP) is 7.94. The van der Waals surface area contributed by atoms with Gasteiger partial charge in [0, 0.05) is 43.7 Å². The SMILES string of the molecule is C1=Cc2c(c3cc(-c4ccc5[nH]c6ccccc6c5c4)cc4c5ccccc5n2c34)CC1. The van der Waals surface area contributed by atoms with E-state index in [9.17, 15) is 0 Å². The van der Waals surface area contributed by atoms with Crippen LogP contribution in [-0.2, 0) is 6.42 Å². The Morgan fingerprint density at radius 1 is 0.656 bits per heavy atom. The first-order valence-corrected chi connectivity index (χ1v) is 11.4. The predicted molar refractivity (Wildman–Crippen MR) is 136 cm³/mol. The van der Waals surface area contributed by atoms with E-state index in [1.165, 1.54) is 71.4 Å². The van der Waals surface area contributed by atoms with Crippen LogP contribution in [0.3, 0.4) is 0 Å². The number of aromatic amines is 1. The number of para-hydroxylation sites is 2. The van der Waals surface area contributed by atoms with Crippen LogP contribution in [0.15, 0.2) is 84.9 Å². The number of fused-ring (bicyclic) bond motifs is 9. The number of nitrogens with one attached hydrogen (secondary N) is 1. The van der Waals surface area contributed by atoms with Crippen LogP contribution in [0.25, 0.3) is 66.2 Å². The summed E-state index contributed by atoms with van der Waals surface area (Å²) < 4.78 is 2.48. The van der Waals surface area contributed by atoms with Gasteiger partial charge < -0.3 is 9.38 Å². The number of aromatic nitrogens is 2. The van der Waals surface area contributed by atoms with E-state index in [4.69, 9.17) is 0 Å². The third-order valence-electron chi connectivity index (χ3n) is 7.32. The first kappa shape index (κ1) is 16.6. The van der Waals surface area contributed by atoms with Crippen LogP contribution in [0.4, 0.5) is 0 Å². The van der Waals surface area contributed by atoms with Crippen molar-refractivity contribution >= 4 is 55.1 Å². The summed E-state index contributed by atoms with van der Waals surface area (Å²) in [5, 5.41) is 6.68. The maximum absolute atomic E-state index is 3.56. The zero-order valence-corrected chi connectivity index (χ0v) is 17.5. The smallest absolute Gasteiger partial charge is 0.0617 e. The minimum Gasteiger partial charge on any atom is -0.355 e. The monoisotopic (exact) mass is 408 g/mol. The Labute approximate surface area is 184 Å². The van der Waals surface area contributed by atoms with Crippen LogP contribution in [0.5, 0.6) is 0 Å². The number of hydrogen-bond acceptors (Lipinski definition) is 0. The van der Waals surface area contributed by atoms with Crippen molar-refractivity contribution < 1.29 is 0 Å². The standard InChI is InChI=1S/C30H20N2/c1-4-10-26-20(7-1)23-15-18(13-14-27(23)31-26)19-16-24-21-8-2-5-11-28(21)32-29-12-6-3-9-22(29)25(17-19)30(24)32/h1-2,4-8,10-17,31H,3,9H2. The van der Waals surface area contributed by atoms with Crippen LogP contribution in [0, 0.1) is 0 Å². The van der Waals surface area contributed by atoms with Crippen molar-refractivity contribution in [1.29, 1.82) is 0 Å². The Morgan fingerprint density at radius 2 is 1.44 bits per heavy atom. The van der Waals surface area contributed by atoms with E-state index in [0.29, 0.717) is 0 Å². The Hall–Kier alpha value is -4.04. The number of nitrogens with zero attached hydrogens (tertiary/aromatic N) is 1. The molecule has 32 heavy (non-hydrogen) atoms. The normalized spacial score (nSPS) is 13.9. The van der Waals surface area contributed by atoms with Crippen molar-refractivity contribution in [2.75, 3.05) is 0 Å². The summed E-state index contributed by atoms with van der Waals surface area (Å²) in [5.41, 5.74) is 10.5. The number of rotatable bonds is 1. The molecular formula is C30H20N2. The molecule has 0 atom stereocenters. The number of allylic oxidation sites excluding steroid dienone is 1. The molecule has 1 aliphatic carbocycles. The average Bonchev–Trinajstić information content (AvgIpc) is 3.50. The highest BCUT2D eigenvalue weighted by Crippen LogP contribution is 2.42. The molecule has 7 aromatic rings. The number of benzene rings is 4. The van der Waals surface area contributed by atoms with Gasteiger partial charge in [-0.05, 0) is 72.0 Å². The Bertz CT molecular complexity index is 1880.